The zero-order valence-electron chi connectivity index (χ0n) is 15.3. The number of hydrogen-bond donors (Lipinski definition) is 1. The van der Waals surface area contributed by atoms with Crippen LogP contribution in [0.5, 0.6) is 5.75 Å². The van der Waals surface area contributed by atoms with Crippen molar-refractivity contribution >= 4 is 27.7 Å². The van der Waals surface area contributed by atoms with Crippen molar-refractivity contribution in [1.29, 1.82) is 0 Å². The van der Waals surface area contributed by atoms with Gasteiger partial charge in [0.25, 0.3) is 5.91 Å². The minimum Gasteiger partial charge on any atom is -0.497 e. The molecular formula is C21H20N4O2. The van der Waals surface area contributed by atoms with Crippen molar-refractivity contribution in [2.75, 3.05) is 7.11 Å². The number of methoxy groups -OCH3 is 1. The SMILES string of the molecule is CCn1nnc2cc(C(=O)NCc3ccc4cc(OC)ccc4c3)ccc21. The van der Waals surface area contributed by atoms with Crippen LogP contribution in [0.4, 0.5) is 0 Å². The van der Waals surface area contributed by atoms with Crippen LogP contribution < -0.4 is 10.1 Å². The van der Waals surface area contributed by atoms with E-state index in [9.17, 15) is 4.79 Å². The molecule has 1 heterocycles. The van der Waals surface area contributed by atoms with Gasteiger partial charge in [0.15, 0.2) is 0 Å². The molecule has 136 valence electrons. The minimum atomic E-state index is -0.127. The van der Waals surface area contributed by atoms with Gasteiger partial charge in [-0.05, 0) is 59.7 Å². The number of rotatable bonds is 5. The molecule has 1 amide bonds. The van der Waals surface area contributed by atoms with E-state index in [4.69, 9.17) is 4.74 Å². The first-order chi connectivity index (χ1) is 13.2. The van der Waals surface area contributed by atoms with E-state index in [1.165, 1.54) is 0 Å². The Morgan fingerprint density at radius 3 is 2.70 bits per heavy atom. The summed E-state index contributed by atoms with van der Waals surface area (Å²) < 4.78 is 7.06. The van der Waals surface area contributed by atoms with Gasteiger partial charge < -0.3 is 10.1 Å². The largest absolute Gasteiger partial charge is 0.497 e. The maximum atomic E-state index is 12.5. The van der Waals surface area contributed by atoms with Gasteiger partial charge in [0.2, 0.25) is 0 Å². The van der Waals surface area contributed by atoms with Crippen LogP contribution in [0.2, 0.25) is 0 Å². The molecule has 4 aromatic rings. The van der Waals surface area contributed by atoms with Crippen molar-refractivity contribution in [2.24, 2.45) is 0 Å². The van der Waals surface area contributed by atoms with Crippen molar-refractivity contribution in [3.8, 4) is 5.75 Å². The van der Waals surface area contributed by atoms with E-state index in [0.717, 1.165) is 39.7 Å². The fourth-order valence-electron chi connectivity index (χ4n) is 3.14. The summed E-state index contributed by atoms with van der Waals surface area (Å²) in [7, 11) is 1.66. The van der Waals surface area contributed by atoms with Crippen molar-refractivity contribution in [1.82, 2.24) is 20.3 Å². The molecule has 0 bridgehead atoms. The Kier molecular flexibility index (Phi) is 4.46. The molecule has 0 unspecified atom stereocenters. The molecule has 4 rings (SSSR count). The Hall–Kier alpha value is -3.41. The lowest BCUT2D eigenvalue weighted by atomic mass is 10.1. The number of aromatic nitrogens is 3. The summed E-state index contributed by atoms with van der Waals surface area (Å²) in [6, 6.07) is 17.5. The van der Waals surface area contributed by atoms with Crippen LogP contribution >= 0.6 is 0 Å². The first-order valence-corrected chi connectivity index (χ1v) is 8.86. The molecule has 0 aliphatic carbocycles. The number of carbonyl (C=O) groups excluding carboxylic acids is 1. The fourth-order valence-corrected chi connectivity index (χ4v) is 3.14. The van der Waals surface area contributed by atoms with Crippen molar-refractivity contribution in [3.63, 3.8) is 0 Å². The Balaban J connectivity index is 1.49. The number of carbonyl (C=O) groups is 1. The van der Waals surface area contributed by atoms with E-state index in [-0.39, 0.29) is 5.91 Å². The van der Waals surface area contributed by atoms with Gasteiger partial charge in [-0.2, -0.15) is 0 Å². The second kappa shape index (κ2) is 7.07. The molecule has 27 heavy (non-hydrogen) atoms. The van der Waals surface area contributed by atoms with E-state index >= 15 is 0 Å². The highest BCUT2D eigenvalue weighted by molar-refractivity contribution is 5.97. The average Bonchev–Trinajstić information content (AvgIpc) is 3.13. The lowest BCUT2D eigenvalue weighted by Crippen LogP contribution is -2.22. The van der Waals surface area contributed by atoms with Gasteiger partial charge in [-0.15, -0.1) is 5.10 Å². The maximum Gasteiger partial charge on any atom is 0.251 e. The molecule has 0 saturated carbocycles. The third-order valence-electron chi connectivity index (χ3n) is 4.64. The second-order valence-electron chi connectivity index (χ2n) is 6.34. The quantitative estimate of drug-likeness (QED) is 0.591. The third-order valence-corrected chi connectivity index (χ3v) is 4.64. The number of amides is 1. The molecule has 0 spiro atoms. The zero-order valence-corrected chi connectivity index (χ0v) is 15.3. The zero-order chi connectivity index (χ0) is 18.8. The predicted molar refractivity (Wildman–Crippen MR) is 105 cm³/mol. The normalized spacial score (nSPS) is 11.0. The molecule has 6 heteroatoms. The van der Waals surface area contributed by atoms with Gasteiger partial charge in [0, 0.05) is 18.7 Å². The van der Waals surface area contributed by atoms with Crippen LogP contribution in [0.15, 0.2) is 54.6 Å². The topological polar surface area (TPSA) is 69.0 Å². The van der Waals surface area contributed by atoms with E-state index in [1.807, 2.05) is 43.3 Å². The fraction of sp³-hybridized carbons (Fsp3) is 0.190. The van der Waals surface area contributed by atoms with Crippen LogP contribution in [-0.4, -0.2) is 28.0 Å². The summed E-state index contributed by atoms with van der Waals surface area (Å²) in [6.45, 7) is 3.21. The third kappa shape index (κ3) is 3.33. The van der Waals surface area contributed by atoms with E-state index in [0.29, 0.717) is 12.1 Å². The van der Waals surface area contributed by atoms with Gasteiger partial charge in [-0.3, -0.25) is 4.79 Å². The van der Waals surface area contributed by atoms with Crippen LogP contribution in [-0.2, 0) is 13.1 Å². The van der Waals surface area contributed by atoms with Gasteiger partial charge in [-0.1, -0.05) is 23.4 Å². The molecule has 0 fully saturated rings. The first-order valence-electron chi connectivity index (χ1n) is 8.86. The number of aryl methyl sites for hydroxylation is 1. The molecule has 0 saturated heterocycles. The first kappa shape index (κ1) is 17.0. The lowest BCUT2D eigenvalue weighted by molar-refractivity contribution is 0.0951. The van der Waals surface area contributed by atoms with Crippen molar-refractivity contribution in [2.45, 2.75) is 20.0 Å². The number of nitrogens with one attached hydrogen (secondary N) is 1. The molecule has 0 aliphatic rings. The number of nitrogens with zero attached hydrogens (tertiary/aromatic N) is 3. The summed E-state index contributed by atoms with van der Waals surface area (Å²) in [5.74, 6) is 0.705. The molecule has 3 aromatic carbocycles. The second-order valence-corrected chi connectivity index (χ2v) is 6.34. The highest BCUT2D eigenvalue weighted by Gasteiger charge is 2.10. The van der Waals surface area contributed by atoms with Crippen LogP contribution in [0.3, 0.4) is 0 Å². The van der Waals surface area contributed by atoms with Crippen LogP contribution in [0, 0.1) is 0 Å². The number of benzene rings is 3. The summed E-state index contributed by atoms with van der Waals surface area (Å²) in [5.41, 5.74) is 3.28. The van der Waals surface area contributed by atoms with E-state index in [1.54, 1.807) is 23.9 Å². The van der Waals surface area contributed by atoms with E-state index in [2.05, 4.69) is 21.7 Å². The van der Waals surface area contributed by atoms with Crippen LogP contribution in [0.1, 0.15) is 22.8 Å². The van der Waals surface area contributed by atoms with Crippen molar-refractivity contribution in [3.05, 3.63) is 65.7 Å². The number of fused-ring (bicyclic) bond motifs is 2. The molecule has 0 radical (unpaired) electrons. The highest BCUT2D eigenvalue weighted by atomic mass is 16.5. The van der Waals surface area contributed by atoms with Gasteiger partial charge in [0.05, 0.1) is 12.6 Å². The number of ether oxygens (including phenoxy) is 1. The predicted octanol–water partition coefficient (Wildman–Crippen LogP) is 3.54. The molecule has 0 aliphatic heterocycles. The van der Waals surface area contributed by atoms with Gasteiger partial charge in [-0.25, -0.2) is 4.68 Å². The van der Waals surface area contributed by atoms with Gasteiger partial charge >= 0.3 is 0 Å². The van der Waals surface area contributed by atoms with Crippen molar-refractivity contribution < 1.29 is 9.53 Å². The summed E-state index contributed by atoms with van der Waals surface area (Å²) in [4.78, 5) is 12.5. The summed E-state index contributed by atoms with van der Waals surface area (Å²) in [5, 5.41) is 13.4. The standard InChI is InChI=1S/C21H20N4O2/c1-3-25-20-9-7-17(12-19(20)23-24-25)21(26)22-13-14-4-5-16-11-18(27-2)8-6-15(16)10-14/h4-12H,3,13H2,1-2H3,(H,22,26). The Morgan fingerprint density at radius 1 is 1.07 bits per heavy atom. The Bertz CT molecular complexity index is 1130. The van der Waals surface area contributed by atoms with Gasteiger partial charge in [0.1, 0.15) is 11.3 Å². The molecule has 1 aromatic heterocycles. The molecular weight excluding hydrogens is 340 g/mol. The smallest absolute Gasteiger partial charge is 0.251 e. The summed E-state index contributed by atoms with van der Waals surface area (Å²) in [6.07, 6.45) is 0. The highest BCUT2D eigenvalue weighted by Crippen LogP contribution is 2.22. The van der Waals surface area contributed by atoms with E-state index < -0.39 is 0 Å². The lowest BCUT2D eigenvalue weighted by Gasteiger charge is -2.08. The Morgan fingerprint density at radius 2 is 1.89 bits per heavy atom. The minimum absolute atomic E-state index is 0.127. The monoisotopic (exact) mass is 360 g/mol. The molecule has 1 N–H and O–H groups in total. The summed E-state index contributed by atoms with van der Waals surface area (Å²) >= 11 is 0. The Labute approximate surface area is 156 Å². The molecule has 6 nitrogen and oxygen atoms in total. The molecule has 0 atom stereocenters. The van der Waals surface area contributed by atoms with Crippen LogP contribution in [0.25, 0.3) is 21.8 Å². The maximum absolute atomic E-state index is 12.5. The average molecular weight is 360 g/mol. The number of hydrogen-bond acceptors (Lipinski definition) is 4.